The highest BCUT2D eigenvalue weighted by Crippen LogP contribution is 2.14. The second-order valence-corrected chi connectivity index (χ2v) is 3.68. The van der Waals surface area contributed by atoms with Gasteiger partial charge in [-0.1, -0.05) is 6.92 Å². The molecule has 0 heterocycles. The maximum absolute atomic E-state index is 11.7. The minimum Gasteiger partial charge on any atom is -0.372 e. The third-order valence-corrected chi connectivity index (χ3v) is 2.01. The lowest BCUT2D eigenvalue weighted by atomic mass is 10.4. The van der Waals surface area contributed by atoms with Crippen molar-refractivity contribution in [2.75, 3.05) is 46.4 Å². The molecule has 0 amide bonds. The SMILES string of the molecule is CCNCCN(C)CCCOCC(F)(F)F. The molecule has 0 aliphatic carbocycles. The smallest absolute Gasteiger partial charge is 0.372 e. The van der Waals surface area contributed by atoms with E-state index in [0.29, 0.717) is 6.42 Å². The molecule has 0 saturated carbocycles. The lowest BCUT2D eigenvalue weighted by Gasteiger charge is -2.16. The van der Waals surface area contributed by atoms with E-state index in [4.69, 9.17) is 0 Å². The van der Waals surface area contributed by atoms with Crippen molar-refractivity contribution < 1.29 is 17.9 Å². The van der Waals surface area contributed by atoms with Gasteiger partial charge in [-0.15, -0.1) is 0 Å². The first-order chi connectivity index (χ1) is 7.45. The van der Waals surface area contributed by atoms with Crippen LogP contribution in [0.4, 0.5) is 13.2 Å². The summed E-state index contributed by atoms with van der Waals surface area (Å²) in [5.41, 5.74) is 0. The Morgan fingerprint density at radius 1 is 1.25 bits per heavy atom. The summed E-state index contributed by atoms with van der Waals surface area (Å²) >= 11 is 0. The van der Waals surface area contributed by atoms with E-state index < -0.39 is 12.8 Å². The molecule has 3 nitrogen and oxygen atoms in total. The summed E-state index contributed by atoms with van der Waals surface area (Å²) in [6, 6.07) is 0. The van der Waals surface area contributed by atoms with Gasteiger partial charge in [0, 0.05) is 26.2 Å². The summed E-state index contributed by atoms with van der Waals surface area (Å²) in [5.74, 6) is 0. The van der Waals surface area contributed by atoms with Gasteiger partial charge in [-0.25, -0.2) is 0 Å². The molecule has 0 aromatic heterocycles. The standard InChI is InChI=1S/C10H21F3N2O/c1-3-14-5-7-15(2)6-4-8-16-9-10(11,12)13/h14H,3-9H2,1-2H3. The highest BCUT2D eigenvalue weighted by atomic mass is 19.4. The third-order valence-electron chi connectivity index (χ3n) is 2.01. The van der Waals surface area contributed by atoms with Crippen molar-refractivity contribution in [2.24, 2.45) is 0 Å². The molecule has 0 aromatic rings. The molecule has 0 rings (SSSR count). The fourth-order valence-electron chi connectivity index (χ4n) is 1.18. The highest BCUT2D eigenvalue weighted by Gasteiger charge is 2.27. The van der Waals surface area contributed by atoms with Gasteiger partial charge in [-0.05, 0) is 20.0 Å². The van der Waals surface area contributed by atoms with E-state index in [1.54, 1.807) is 0 Å². The number of rotatable bonds is 9. The maximum atomic E-state index is 11.7. The van der Waals surface area contributed by atoms with Gasteiger partial charge in [0.1, 0.15) is 6.61 Å². The van der Waals surface area contributed by atoms with Crippen LogP contribution in [0.2, 0.25) is 0 Å². The fraction of sp³-hybridized carbons (Fsp3) is 1.00. The molecule has 0 aromatic carbocycles. The van der Waals surface area contributed by atoms with Gasteiger partial charge >= 0.3 is 6.18 Å². The molecule has 0 radical (unpaired) electrons. The van der Waals surface area contributed by atoms with Gasteiger partial charge in [0.25, 0.3) is 0 Å². The van der Waals surface area contributed by atoms with Crippen LogP contribution in [0.1, 0.15) is 13.3 Å². The average Bonchev–Trinajstić information content (AvgIpc) is 2.16. The monoisotopic (exact) mass is 242 g/mol. The van der Waals surface area contributed by atoms with Crippen molar-refractivity contribution in [1.29, 1.82) is 0 Å². The number of hydrogen-bond acceptors (Lipinski definition) is 3. The zero-order valence-corrected chi connectivity index (χ0v) is 9.94. The number of ether oxygens (including phenoxy) is 1. The molecule has 98 valence electrons. The Morgan fingerprint density at radius 2 is 1.94 bits per heavy atom. The second-order valence-electron chi connectivity index (χ2n) is 3.68. The van der Waals surface area contributed by atoms with Crippen molar-refractivity contribution in [3.63, 3.8) is 0 Å². The predicted molar refractivity (Wildman–Crippen MR) is 57.5 cm³/mol. The van der Waals surface area contributed by atoms with Gasteiger partial charge in [0.05, 0.1) is 0 Å². The molecule has 0 saturated heterocycles. The molecule has 6 heteroatoms. The Bertz CT molecular complexity index is 165. The van der Waals surface area contributed by atoms with Crippen molar-refractivity contribution in [1.82, 2.24) is 10.2 Å². The van der Waals surface area contributed by atoms with E-state index in [-0.39, 0.29) is 6.61 Å². The van der Waals surface area contributed by atoms with Gasteiger partial charge in [0.15, 0.2) is 0 Å². The van der Waals surface area contributed by atoms with Crippen LogP contribution in [0.15, 0.2) is 0 Å². The van der Waals surface area contributed by atoms with Gasteiger partial charge in [0.2, 0.25) is 0 Å². The van der Waals surface area contributed by atoms with Gasteiger partial charge in [-0.2, -0.15) is 13.2 Å². The molecular weight excluding hydrogens is 221 g/mol. The van der Waals surface area contributed by atoms with E-state index in [9.17, 15) is 13.2 Å². The molecule has 0 atom stereocenters. The van der Waals surface area contributed by atoms with Crippen LogP contribution in [0.5, 0.6) is 0 Å². The Kier molecular flexibility index (Phi) is 8.60. The number of likely N-dealkylation sites (N-methyl/N-ethyl adjacent to an activating group) is 2. The minimum absolute atomic E-state index is 0.158. The van der Waals surface area contributed by atoms with Crippen molar-refractivity contribution in [3.05, 3.63) is 0 Å². The molecule has 0 bridgehead atoms. The van der Waals surface area contributed by atoms with Crippen molar-refractivity contribution >= 4 is 0 Å². The second kappa shape index (κ2) is 8.78. The van der Waals surface area contributed by atoms with E-state index >= 15 is 0 Å². The summed E-state index contributed by atoms with van der Waals surface area (Å²) < 4.78 is 39.6. The number of alkyl halides is 3. The van der Waals surface area contributed by atoms with E-state index in [2.05, 4.69) is 15.0 Å². The minimum atomic E-state index is -4.21. The molecular formula is C10H21F3N2O. The first-order valence-electron chi connectivity index (χ1n) is 5.49. The lowest BCUT2D eigenvalue weighted by Crippen LogP contribution is -2.30. The molecule has 0 aliphatic heterocycles. The van der Waals surface area contributed by atoms with Crippen LogP contribution in [0, 0.1) is 0 Å². The van der Waals surface area contributed by atoms with E-state index in [1.807, 2.05) is 14.0 Å². The number of halogens is 3. The summed E-state index contributed by atoms with van der Waals surface area (Å²) in [7, 11) is 1.95. The Hall–Kier alpha value is -0.330. The normalized spacial score (nSPS) is 12.4. The molecule has 0 spiro atoms. The largest absolute Gasteiger partial charge is 0.411 e. The average molecular weight is 242 g/mol. The van der Waals surface area contributed by atoms with Crippen LogP contribution in [0.25, 0.3) is 0 Å². The Labute approximate surface area is 94.9 Å². The zero-order valence-electron chi connectivity index (χ0n) is 9.94. The van der Waals surface area contributed by atoms with Crippen LogP contribution >= 0.6 is 0 Å². The van der Waals surface area contributed by atoms with Crippen LogP contribution in [-0.2, 0) is 4.74 Å². The number of nitrogens with one attached hydrogen (secondary N) is 1. The van der Waals surface area contributed by atoms with Crippen LogP contribution in [0.3, 0.4) is 0 Å². The van der Waals surface area contributed by atoms with Crippen molar-refractivity contribution in [2.45, 2.75) is 19.5 Å². The highest BCUT2D eigenvalue weighted by molar-refractivity contribution is 4.54. The quantitative estimate of drug-likeness (QED) is 0.620. The summed E-state index contributed by atoms with van der Waals surface area (Å²) in [6.45, 7) is 4.53. The van der Waals surface area contributed by atoms with Gasteiger partial charge < -0.3 is 15.0 Å². The van der Waals surface area contributed by atoms with E-state index in [1.165, 1.54) is 0 Å². The molecule has 1 N–H and O–H groups in total. The predicted octanol–water partition coefficient (Wildman–Crippen LogP) is 1.50. The fourth-order valence-corrected chi connectivity index (χ4v) is 1.18. The molecule has 0 fully saturated rings. The van der Waals surface area contributed by atoms with Crippen molar-refractivity contribution in [3.8, 4) is 0 Å². The number of nitrogens with zero attached hydrogens (tertiary/aromatic N) is 1. The summed E-state index contributed by atoms with van der Waals surface area (Å²) in [6.07, 6.45) is -3.59. The first kappa shape index (κ1) is 15.7. The van der Waals surface area contributed by atoms with Crippen LogP contribution < -0.4 is 5.32 Å². The van der Waals surface area contributed by atoms with E-state index in [0.717, 1.165) is 26.2 Å². The maximum Gasteiger partial charge on any atom is 0.411 e. The van der Waals surface area contributed by atoms with Crippen LogP contribution in [-0.4, -0.2) is 57.5 Å². The molecule has 16 heavy (non-hydrogen) atoms. The Morgan fingerprint density at radius 3 is 2.50 bits per heavy atom. The first-order valence-corrected chi connectivity index (χ1v) is 5.49. The van der Waals surface area contributed by atoms with Gasteiger partial charge in [-0.3, -0.25) is 0 Å². The lowest BCUT2D eigenvalue weighted by molar-refractivity contribution is -0.174. The summed E-state index contributed by atoms with van der Waals surface area (Å²) in [4.78, 5) is 2.07. The molecule has 0 unspecified atom stereocenters. The topological polar surface area (TPSA) is 24.5 Å². The summed E-state index contributed by atoms with van der Waals surface area (Å²) in [5, 5.41) is 3.18. The zero-order chi connectivity index (χ0) is 12.4. The Balaban J connectivity index is 3.24. The third kappa shape index (κ3) is 11.7. The molecule has 0 aliphatic rings. The number of hydrogen-bond donors (Lipinski definition) is 1.